The molecule has 1 N–H and O–H groups in total. The molecule has 3 rings (SSSR count). The van der Waals surface area contributed by atoms with E-state index in [0.29, 0.717) is 22.0 Å². The van der Waals surface area contributed by atoms with Crippen molar-refractivity contribution in [3.8, 4) is 16.9 Å². The Morgan fingerprint density at radius 1 is 0.931 bits per heavy atom. The van der Waals surface area contributed by atoms with E-state index in [2.05, 4.69) is 5.32 Å². The first-order valence-electron chi connectivity index (χ1n) is 8.99. The molecular weight excluding hydrogens is 390 g/mol. The Hall–Kier alpha value is -3.31. The van der Waals surface area contributed by atoms with Crippen molar-refractivity contribution in [2.75, 3.05) is 12.4 Å². The number of methoxy groups -OCH3 is 1. The SMILES string of the molecule is COc1ccc(NC(=O)[C@@H](C)OC(=O)c2ccc(-c3ccccc3)cc2)cc1Cl. The summed E-state index contributed by atoms with van der Waals surface area (Å²) in [5, 5.41) is 3.03. The molecule has 3 aromatic rings. The average Bonchev–Trinajstić information content (AvgIpc) is 2.74. The second kappa shape index (κ2) is 9.26. The number of esters is 1. The van der Waals surface area contributed by atoms with Crippen molar-refractivity contribution >= 4 is 29.2 Å². The first-order valence-corrected chi connectivity index (χ1v) is 9.36. The van der Waals surface area contributed by atoms with Crippen molar-refractivity contribution in [2.24, 2.45) is 0 Å². The van der Waals surface area contributed by atoms with E-state index in [-0.39, 0.29) is 0 Å². The van der Waals surface area contributed by atoms with Gasteiger partial charge in [0.15, 0.2) is 6.10 Å². The summed E-state index contributed by atoms with van der Waals surface area (Å²) in [6.45, 7) is 1.51. The zero-order valence-corrected chi connectivity index (χ0v) is 16.8. The standard InChI is InChI=1S/C23H20ClNO4/c1-15(22(26)25-19-12-13-21(28-2)20(24)14-19)29-23(27)18-10-8-17(9-11-18)16-6-4-3-5-7-16/h3-15H,1-2H3,(H,25,26)/t15-/m1/s1. The summed E-state index contributed by atoms with van der Waals surface area (Å²) < 4.78 is 10.4. The number of carbonyl (C=O) groups excluding carboxylic acids is 2. The highest BCUT2D eigenvalue weighted by Crippen LogP contribution is 2.27. The number of amides is 1. The molecular formula is C23H20ClNO4. The molecule has 0 saturated heterocycles. The Morgan fingerprint density at radius 3 is 2.21 bits per heavy atom. The van der Waals surface area contributed by atoms with Crippen LogP contribution in [0.25, 0.3) is 11.1 Å². The predicted octanol–water partition coefficient (Wildman–Crippen LogP) is 5.20. The molecule has 0 bridgehead atoms. The molecule has 0 saturated carbocycles. The maximum atomic E-state index is 12.4. The molecule has 0 aliphatic carbocycles. The molecule has 6 heteroatoms. The lowest BCUT2D eigenvalue weighted by atomic mass is 10.0. The molecule has 1 amide bonds. The van der Waals surface area contributed by atoms with Gasteiger partial charge in [0.1, 0.15) is 5.75 Å². The van der Waals surface area contributed by atoms with E-state index >= 15 is 0 Å². The quantitative estimate of drug-likeness (QED) is 0.568. The molecule has 5 nitrogen and oxygen atoms in total. The summed E-state index contributed by atoms with van der Waals surface area (Å²) in [6, 6.07) is 21.7. The van der Waals surface area contributed by atoms with E-state index in [0.717, 1.165) is 11.1 Å². The van der Waals surface area contributed by atoms with Gasteiger partial charge in [-0.1, -0.05) is 54.1 Å². The topological polar surface area (TPSA) is 64.6 Å². The van der Waals surface area contributed by atoms with E-state index < -0.39 is 18.0 Å². The number of anilines is 1. The van der Waals surface area contributed by atoms with Gasteiger partial charge in [0.2, 0.25) is 0 Å². The molecule has 0 aromatic heterocycles. The Balaban J connectivity index is 1.61. The number of benzene rings is 3. The third-order valence-corrected chi connectivity index (χ3v) is 4.60. The zero-order valence-electron chi connectivity index (χ0n) is 16.0. The van der Waals surface area contributed by atoms with Gasteiger partial charge < -0.3 is 14.8 Å². The third kappa shape index (κ3) is 5.15. The van der Waals surface area contributed by atoms with Gasteiger partial charge >= 0.3 is 5.97 Å². The first kappa shape index (κ1) is 20.4. The van der Waals surface area contributed by atoms with Gasteiger partial charge in [-0.3, -0.25) is 4.79 Å². The molecule has 0 radical (unpaired) electrons. The van der Waals surface area contributed by atoms with Crippen LogP contribution in [0.4, 0.5) is 5.69 Å². The van der Waals surface area contributed by atoms with Crippen molar-refractivity contribution < 1.29 is 19.1 Å². The summed E-state index contributed by atoms with van der Waals surface area (Å²) in [4.78, 5) is 24.7. The van der Waals surface area contributed by atoms with E-state index in [9.17, 15) is 9.59 Å². The molecule has 0 aliphatic heterocycles. The van der Waals surface area contributed by atoms with Crippen LogP contribution in [0.3, 0.4) is 0 Å². The minimum Gasteiger partial charge on any atom is -0.495 e. The Bertz CT molecular complexity index is 1000. The number of carbonyl (C=O) groups is 2. The maximum absolute atomic E-state index is 12.4. The Morgan fingerprint density at radius 2 is 1.59 bits per heavy atom. The van der Waals surface area contributed by atoms with Crippen LogP contribution < -0.4 is 10.1 Å². The maximum Gasteiger partial charge on any atom is 0.338 e. The summed E-state index contributed by atoms with van der Waals surface area (Å²) in [5.74, 6) is -0.524. The molecule has 3 aromatic carbocycles. The number of hydrogen-bond acceptors (Lipinski definition) is 4. The van der Waals surface area contributed by atoms with Gasteiger partial charge in [-0.15, -0.1) is 0 Å². The number of ether oxygens (including phenoxy) is 2. The predicted molar refractivity (Wildman–Crippen MR) is 113 cm³/mol. The van der Waals surface area contributed by atoms with Crippen molar-refractivity contribution in [3.63, 3.8) is 0 Å². The monoisotopic (exact) mass is 409 g/mol. The third-order valence-electron chi connectivity index (χ3n) is 4.30. The van der Waals surface area contributed by atoms with E-state index in [1.807, 2.05) is 42.5 Å². The molecule has 0 heterocycles. The van der Waals surface area contributed by atoms with Crippen LogP contribution in [0.15, 0.2) is 72.8 Å². The van der Waals surface area contributed by atoms with Crippen LogP contribution in [-0.2, 0) is 9.53 Å². The Kier molecular flexibility index (Phi) is 6.52. The first-order chi connectivity index (χ1) is 14.0. The van der Waals surface area contributed by atoms with E-state index in [1.54, 1.807) is 30.3 Å². The minimum absolute atomic E-state index is 0.369. The highest BCUT2D eigenvalue weighted by atomic mass is 35.5. The van der Waals surface area contributed by atoms with Crippen LogP contribution in [0.2, 0.25) is 5.02 Å². The van der Waals surface area contributed by atoms with Crippen LogP contribution in [0.1, 0.15) is 17.3 Å². The fourth-order valence-corrected chi connectivity index (χ4v) is 2.96. The van der Waals surface area contributed by atoms with Gasteiger partial charge in [0.05, 0.1) is 17.7 Å². The van der Waals surface area contributed by atoms with Gasteiger partial charge in [0.25, 0.3) is 5.91 Å². The molecule has 0 fully saturated rings. The highest BCUT2D eigenvalue weighted by Gasteiger charge is 2.19. The summed E-state index contributed by atoms with van der Waals surface area (Å²) in [7, 11) is 1.51. The number of halogens is 1. The average molecular weight is 410 g/mol. The summed E-state index contributed by atoms with van der Waals surface area (Å²) in [5.41, 5.74) is 2.90. The molecule has 29 heavy (non-hydrogen) atoms. The molecule has 0 unspecified atom stereocenters. The Labute approximate surface area is 174 Å². The van der Waals surface area contributed by atoms with Crippen LogP contribution >= 0.6 is 11.6 Å². The number of rotatable bonds is 6. The zero-order chi connectivity index (χ0) is 20.8. The van der Waals surface area contributed by atoms with Crippen molar-refractivity contribution in [1.29, 1.82) is 0 Å². The molecule has 1 atom stereocenters. The molecule has 0 aliphatic rings. The van der Waals surface area contributed by atoms with Gasteiger partial charge in [-0.25, -0.2) is 4.79 Å². The van der Waals surface area contributed by atoms with E-state index in [1.165, 1.54) is 14.0 Å². The molecule has 148 valence electrons. The van der Waals surface area contributed by atoms with E-state index in [4.69, 9.17) is 21.1 Å². The normalized spacial score (nSPS) is 11.4. The lowest BCUT2D eigenvalue weighted by Gasteiger charge is -2.14. The lowest BCUT2D eigenvalue weighted by Crippen LogP contribution is -2.30. The lowest BCUT2D eigenvalue weighted by molar-refractivity contribution is -0.123. The largest absolute Gasteiger partial charge is 0.495 e. The fraction of sp³-hybridized carbons (Fsp3) is 0.130. The van der Waals surface area contributed by atoms with Gasteiger partial charge in [-0.2, -0.15) is 0 Å². The smallest absolute Gasteiger partial charge is 0.338 e. The van der Waals surface area contributed by atoms with Crippen LogP contribution in [0.5, 0.6) is 5.75 Å². The second-order valence-electron chi connectivity index (χ2n) is 6.33. The van der Waals surface area contributed by atoms with Gasteiger partial charge in [0, 0.05) is 5.69 Å². The van der Waals surface area contributed by atoms with Crippen molar-refractivity contribution in [1.82, 2.24) is 0 Å². The summed E-state index contributed by atoms with van der Waals surface area (Å²) in [6.07, 6.45) is -0.975. The minimum atomic E-state index is -0.975. The second-order valence-corrected chi connectivity index (χ2v) is 6.74. The van der Waals surface area contributed by atoms with Crippen LogP contribution in [-0.4, -0.2) is 25.1 Å². The van der Waals surface area contributed by atoms with Crippen LogP contribution in [0, 0.1) is 0 Å². The molecule has 0 spiro atoms. The highest BCUT2D eigenvalue weighted by molar-refractivity contribution is 6.32. The van der Waals surface area contributed by atoms with Gasteiger partial charge in [-0.05, 0) is 48.4 Å². The number of nitrogens with one attached hydrogen (secondary N) is 1. The number of hydrogen-bond donors (Lipinski definition) is 1. The van der Waals surface area contributed by atoms with Crippen molar-refractivity contribution in [2.45, 2.75) is 13.0 Å². The fourth-order valence-electron chi connectivity index (χ4n) is 2.70. The van der Waals surface area contributed by atoms with Crippen molar-refractivity contribution in [3.05, 3.63) is 83.4 Å². The summed E-state index contributed by atoms with van der Waals surface area (Å²) >= 11 is 6.05.